The van der Waals surface area contributed by atoms with Gasteiger partial charge in [0, 0.05) is 16.5 Å². The van der Waals surface area contributed by atoms with Crippen molar-refractivity contribution in [3.63, 3.8) is 0 Å². The Balaban J connectivity index is 2.26. The Labute approximate surface area is 130 Å². The number of hydrogen-bond acceptors (Lipinski definition) is 1. The van der Waals surface area contributed by atoms with Crippen LogP contribution in [0, 0.1) is 0 Å². The fourth-order valence-corrected chi connectivity index (χ4v) is 2.14. The van der Waals surface area contributed by atoms with Crippen molar-refractivity contribution >= 4 is 23.2 Å². The Morgan fingerprint density at radius 3 is 2.38 bits per heavy atom. The summed E-state index contributed by atoms with van der Waals surface area (Å²) in [7, 11) is 0. The summed E-state index contributed by atoms with van der Waals surface area (Å²) in [5, 5.41) is 0.448. The number of hydrogen-bond donors (Lipinski definition) is 0. The second kappa shape index (κ2) is 6.58. The number of rotatable bonds is 4. The van der Waals surface area contributed by atoms with Crippen molar-refractivity contribution in [3.8, 4) is 5.75 Å². The maximum atomic E-state index is 13.0. The zero-order valence-electron chi connectivity index (χ0n) is 10.8. The molecule has 0 aliphatic carbocycles. The third kappa shape index (κ3) is 4.05. The lowest BCUT2D eigenvalue weighted by atomic mass is 10.1. The summed E-state index contributed by atoms with van der Waals surface area (Å²) in [4.78, 5) is 0. The van der Waals surface area contributed by atoms with E-state index in [1.54, 1.807) is 24.3 Å². The van der Waals surface area contributed by atoms with Gasteiger partial charge in [-0.2, -0.15) is 13.2 Å². The molecule has 0 spiro atoms. The average Bonchev–Trinajstić information content (AvgIpc) is 2.45. The first kappa shape index (κ1) is 16.0. The lowest BCUT2D eigenvalue weighted by molar-refractivity contribution is -0.139. The number of alkyl halides is 4. The van der Waals surface area contributed by atoms with Crippen LogP contribution in [0.25, 0.3) is 0 Å². The molecule has 0 N–H and O–H groups in total. The van der Waals surface area contributed by atoms with Gasteiger partial charge in [-0.15, -0.1) is 11.6 Å². The third-order valence-electron chi connectivity index (χ3n) is 2.84. The first-order valence-corrected chi connectivity index (χ1v) is 6.95. The van der Waals surface area contributed by atoms with E-state index in [0.29, 0.717) is 16.1 Å². The maximum absolute atomic E-state index is 13.0. The fourth-order valence-electron chi connectivity index (χ4n) is 1.78. The van der Waals surface area contributed by atoms with E-state index in [1.165, 1.54) is 12.1 Å². The Hall–Kier alpha value is -1.39. The van der Waals surface area contributed by atoms with Crippen LogP contribution in [0.3, 0.4) is 0 Å². The topological polar surface area (TPSA) is 9.23 Å². The van der Waals surface area contributed by atoms with Crippen LogP contribution in [-0.4, -0.2) is 0 Å². The molecule has 0 unspecified atom stereocenters. The normalized spacial score (nSPS) is 11.5. The van der Waals surface area contributed by atoms with E-state index in [9.17, 15) is 13.2 Å². The maximum Gasteiger partial charge on any atom is 0.419 e. The van der Waals surface area contributed by atoms with Crippen LogP contribution in [0.2, 0.25) is 5.02 Å². The largest absolute Gasteiger partial charge is 0.488 e. The van der Waals surface area contributed by atoms with Crippen molar-refractivity contribution in [2.45, 2.75) is 18.7 Å². The van der Waals surface area contributed by atoms with Gasteiger partial charge in [-0.3, -0.25) is 0 Å². The summed E-state index contributed by atoms with van der Waals surface area (Å²) in [6.45, 7) is -0.0387. The van der Waals surface area contributed by atoms with Crippen molar-refractivity contribution < 1.29 is 17.9 Å². The van der Waals surface area contributed by atoms with E-state index in [0.717, 1.165) is 6.07 Å². The van der Waals surface area contributed by atoms with Gasteiger partial charge in [0.2, 0.25) is 0 Å². The molecule has 21 heavy (non-hydrogen) atoms. The summed E-state index contributed by atoms with van der Waals surface area (Å²) < 4.78 is 44.3. The second-order valence-electron chi connectivity index (χ2n) is 4.34. The smallest absolute Gasteiger partial charge is 0.419 e. The quantitative estimate of drug-likeness (QED) is 0.654. The second-order valence-corrected chi connectivity index (χ2v) is 5.02. The molecule has 0 saturated carbocycles. The molecule has 0 fully saturated rings. The highest BCUT2D eigenvalue weighted by Crippen LogP contribution is 2.37. The molecule has 2 aromatic rings. The van der Waals surface area contributed by atoms with Crippen LogP contribution in [-0.2, 0) is 18.7 Å². The summed E-state index contributed by atoms with van der Waals surface area (Å²) in [5.41, 5.74) is 0.162. The first-order valence-electron chi connectivity index (χ1n) is 6.04. The van der Waals surface area contributed by atoms with Gasteiger partial charge in [0.1, 0.15) is 12.4 Å². The van der Waals surface area contributed by atoms with Gasteiger partial charge in [-0.1, -0.05) is 35.9 Å². The zero-order valence-corrected chi connectivity index (χ0v) is 12.3. The van der Waals surface area contributed by atoms with Gasteiger partial charge in [0.15, 0.2) is 0 Å². The van der Waals surface area contributed by atoms with Gasteiger partial charge in [0.25, 0.3) is 0 Å². The van der Waals surface area contributed by atoms with E-state index in [-0.39, 0.29) is 18.2 Å². The molecule has 2 rings (SSSR count). The van der Waals surface area contributed by atoms with E-state index in [1.807, 2.05) is 0 Å². The molecule has 0 aromatic heterocycles. The molecule has 6 heteroatoms. The molecule has 0 bridgehead atoms. The lowest BCUT2D eigenvalue weighted by Crippen LogP contribution is -2.09. The molecule has 0 radical (unpaired) electrons. The Morgan fingerprint density at radius 2 is 1.76 bits per heavy atom. The number of ether oxygens (including phenoxy) is 1. The van der Waals surface area contributed by atoms with E-state index in [4.69, 9.17) is 27.9 Å². The molecule has 112 valence electrons. The van der Waals surface area contributed by atoms with Gasteiger partial charge < -0.3 is 4.74 Å². The van der Waals surface area contributed by atoms with E-state index in [2.05, 4.69) is 0 Å². The number of benzene rings is 2. The van der Waals surface area contributed by atoms with Crippen molar-refractivity contribution in [1.82, 2.24) is 0 Å². The molecular formula is C15H11Cl2F3O. The van der Waals surface area contributed by atoms with Crippen LogP contribution in [0.4, 0.5) is 13.2 Å². The Kier molecular flexibility index (Phi) is 5.01. The molecule has 0 aliphatic rings. The summed E-state index contributed by atoms with van der Waals surface area (Å²) in [5.74, 6) is -0.232. The average molecular weight is 335 g/mol. The fraction of sp³-hybridized carbons (Fsp3) is 0.200. The van der Waals surface area contributed by atoms with Crippen molar-refractivity contribution in [3.05, 3.63) is 64.2 Å². The minimum Gasteiger partial charge on any atom is -0.488 e. The zero-order chi connectivity index (χ0) is 15.5. The minimum atomic E-state index is -4.50. The minimum absolute atomic E-state index is 0.00781. The van der Waals surface area contributed by atoms with Crippen LogP contribution in [0.5, 0.6) is 5.75 Å². The van der Waals surface area contributed by atoms with E-state index < -0.39 is 11.7 Å². The number of halogens is 5. The van der Waals surface area contributed by atoms with Gasteiger partial charge in [0.05, 0.1) is 5.56 Å². The van der Waals surface area contributed by atoms with E-state index >= 15 is 0 Å². The summed E-state index contributed by atoms with van der Waals surface area (Å²) in [6, 6.07) is 10.6. The third-order valence-corrected chi connectivity index (χ3v) is 3.52. The standard InChI is InChI=1S/C15H11Cl2F3O/c16-8-10-5-6-14(12(7-10)15(18,19)20)21-9-11-3-1-2-4-13(11)17/h1-7H,8-9H2. The molecule has 2 aromatic carbocycles. The lowest BCUT2D eigenvalue weighted by Gasteiger charge is -2.15. The highest BCUT2D eigenvalue weighted by atomic mass is 35.5. The highest BCUT2D eigenvalue weighted by Gasteiger charge is 2.34. The molecule has 0 atom stereocenters. The van der Waals surface area contributed by atoms with Crippen LogP contribution in [0.15, 0.2) is 42.5 Å². The predicted octanol–water partition coefficient (Wildman–Crippen LogP) is 5.68. The van der Waals surface area contributed by atoms with Crippen LogP contribution >= 0.6 is 23.2 Å². The van der Waals surface area contributed by atoms with Crippen LogP contribution in [0.1, 0.15) is 16.7 Å². The molecule has 0 amide bonds. The summed E-state index contributed by atoms with van der Waals surface area (Å²) in [6.07, 6.45) is -4.50. The van der Waals surface area contributed by atoms with Gasteiger partial charge in [-0.25, -0.2) is 0 Å². The van der Waals surface area contributed by atoms with Crippen molar-refractivity contribution in [2.75, 3.05) is 0 Å². The highest BCUT2D eigenvalue weighted by molar-refractivity contribution is 6.31. The predicted molar refractivity (Wildman–Crippen MR) is 76.8 cm³/mol. The molecular weight excluding hydrogens is 324 g/mol. The Bertz CT molecular complexity index is 627. The SMILES string of the molecule is FC(F)(F)c1cc(CCl)ccc1OCc1ccccc1Cl. The van der Waals surface area contributed by atoms with Crippen LogP contribution < -0.4 is 4.74 Å². The summed E-state index contributed by atoms with van der Waals surface area (Å²) >= 11 is 11.5. The molecule has 1 nitrogen and oxygen atoms in total. The van der Waals surface area contributed by atoms with Gasteiger partial charge >= 0.3 is 6.18 Å². The monoisotopic (exact) mass is 334 g/mol. The van der Waals surface area contributed by atoms with Crippen molar-refractivity contribution in [2.24, 2.45) is 0 Å². The Morgan fingerprint density at radius 1 is 1.05 bits per heavy atom. The first-order chi connectivity index (χ1) is 9.91. The molecule has 0 saturated heterocycles. The van der Waals surface area contributed by atoms with Gasteiger partial charge in [-0.05, 0) is 23.8 Å². The van der Waals surface area contributed by atoms with Crippen molar-refractivity contribution in [1.29, 1.82) is 0 Å². The molecule has 0 heterocycles. The molecule has 0 aliphatic heterocycles.